The third-order valence-corrected chi connectivity index (χ3v) is 5.94. The van der Waals surface area contributed by atoms with E-state index in [1.807, 2.05) is 29.9 Å². The van der Waals surface area contributed by atoms with Gasteiger partial charge in [-0.25, -0.2) is 4.39 Å². The highest BCUT2D eigenvalue weighted by Gasteiger charge is 2.33. The topological polar surface area (TPSA) is 64.7 Å². The molecule has 0 atom stereocenters. The van der Waals surface area contributed by atoms with Gasteiger partial charge in [-0.1, -0.05) is 23.9 Å². The number of alkyl halides is 3. The first-order valence-corrected chi connectivity index (χ1v) is 11.1. The van der Waals surface area contributed by atoms with Crippen LogP contribution in [0.25, 0.3) is 5.69 Å². The molecule has 0 bridgehead atoms. The van der Waals surface area contributed by atoms with Gasteiger partial charge in [0, 0.05) is 31.0 Å². The molecular formula is C23H19F4N5OS. The van der Waals surface area contributed by atoms with Crippen molar-refractivity contribution in [1.29, 1.82) is 0 Å². The average Bonchev–Trinajstić information content (AvgIpc) is 3.38. The fraction of sp³-hybridized carbons (Fsp3) is 0.174. The molecule has 2 aromatic heterocycles. The van der Waals surface area contributed by atoms with Crippen LogP contribution in [0.2, 0.25) is 0 Å². The van der Waals surface area contributed by atoms with Crippen molar-refractivity contribution in [3.63, 3.8) is 0 Å². The number of hydrogen-bond acceptors (Lipinski definition) is 4. The van der Waals surface area contributed by atoms with Crippen LogP contribution in [0.4, 0.5) is 23.2 Å². The van der Waals surface area contributed by atoms with Crippen LogP contribution in [0.5, 0.6) is 0 Å². The summed E-state index contributed by atoms with van der Waals surface area (Å²) in [6.45, 7) is 0. The number of nitrogens with zero attached hydrogens (tertiary/aromatic N) is 4. The van der Waals surface area contributed by atoms with E-state index in [1.54, 1.807) is 16.7 Å². The van der Waals surface area contributed by atoms with E-state index < -0.39 is 23.5 Å². The van der Waals surface area contributed by atoms with Gasteiger partial charge in [-0.2, -0.15) is 13.2 Å². The molecule has 0 fully saturated rings. The maximum atomic E-state index is 13.5. The molecule has 1 amide bonds. The molecule has 0 spiro atoms. The maximum absolute atomic E-state index is 13.5. The van der Waals surface area contributed by atoms with Crippen molar-refractivity contribution < 1.29 is 22.4 Å². The lowest BCUT2D eigenvalue weighted by Crippen LogP contribution is -2.18. The molecule has 4 rings (SSSR count). The number of anilines is 1. The van der Waals surface area contributed by atoms with Crippen LogP contribution in [-0.2, 0) is 24.4 Å². The van der Waals surface area contributed by atoms with Gasteiger partial charge >= 0.3 is 6.18 Å². The molecule has 0 saturated carbocycles. The van der Waals surface area contributed by atoms with E-state index in [4.69, 9.17) is 0 Å². The zero-order valence-electron chi connectivity index (χ0n) is 17.9. The number of hydrogen-bond donors (Lipinski definition) is 1. The Morgan fingerprint density at radius 1 is 1.03 bits per heavy atom. The SMILES string of the molecule is Cn1cccc1Cc1nnc(SCC(=O)Nc2ccccc2C(F)(F)F)n1-c1ccc(F)cc1. The van der Waals surface area contributed by atoms with E-state index in [-0.39, 0.29) is 11.4 Å². The molecule has 4 aromatic rings. The molecular weight excluding hydrogens is 470 g/mol. The van der Waals surface area contributed by atoms with Gasteiger partial charge in [0.2, 0.25) is 5.91 Å². The van der Waals surface area contributed by atoms with Gasteiger partial charge in [-0.3, -0.25) is 9.36 Å². The Bertz CT molecular complexity index is 1300. The van der Waals surface area contributed by atoms with Gasteiger partial charge in [0.15, 0.2) is 5.16 Å². The molecule has 0 radical (unpaired) electrons. The van der Waals surface area contributed by atoms with E-state index in [1.165, 1.54) is 30.3 Å². The van der Waals surface area contributed by atoms with Crippen LogP contribution in [-0.4, -0.2) is 31.0 Å². The van der Waals surface area contributed by atoms with Crippen molar-refractivity contribution in [2.24, 2.45) is 7.05 Å². The average molecular weight is 489 g/mol. The second-order valence-corrected chi connectivity index (χ2v) is 8.32. The molecule has 34 heavy (non-hydrogen) atoms. The summed E-state index contributed by atoms with van der Waals surface area (Å²) < 4.78 is 56.7. The minimum atomic E-state index is -4.59. The Morgan fingerprint density at radius 3 is 2.44 bits per heavy atom. The third kappa shape index (κ3) is 5.30. The summed E-state index contributed by atoms with van der Waals surface area (Å²) in [7, 11) is 1.90. The van der Waals surface area contributed by atoms with Crippen LogP contribution in [0.3, 0.4) is 0 Å². The van der Waals surface area contributed by atoms with Crippen molar-refractivity contribution in [2.75, 3.05) is 11.1 Å². The zero-order chi connectivity index (χ0) is 24.3. The van der Waals surface area contributed by atoms with Gasteiger partial charge in [-0.05, 0) is 48.5 Å². The molecule has 2 heterocycles. The number of rotatable bonds is 7. The lowest BCUT2D eigenvalue weighted by atomic mass is 10.1. The van der Waals surface area contributed by atoms with Gasteiger partial charge in [0.05, 0.1) is 17.0 Å². The largest absolute Gasteiger partial charge is 0.418 e. The second-order valence-electron chi connectivity index (χ2n) is 7.38. The zero-order valence-corrected chi connectivity index (χ0v) is 18.7. The van der Waals surface area contributed by atoms with Crippen molar-refractivity contribution in [2.45, 2.75) is 17.8 Å². The molecule has 176 valence electrons. The number of halogens is 4. The van der Waals surface area contributed by atoms with Gasteiger partial charge in [0.1, 0.15) is 11.6 Å². The predicted molar refractivity (Wildman–Crippen MR) is 120 cm³/mol. The summed E-state index contributed by atoms with van der Waals surface area (Å²) in [6.07, 6.45) is -2.27. The number of aryl methyl sites for hydroxylation is 1. The highest BCUT2D eigenvalue weighted by molar-refractivity contribution is 7.99. The standard InChI is InChI=1S/C23H19F4N5OS/c1-31-12-4-5-17(31)13-20-29-30-22(32(20)16-10-8-15(24)9-11-16)34-14-21(33)28-19-7-3-2-6-18(19)23(25,26)27/h2-12H,13-14H2,1H3,(H,28,33). The lowest BCUT2D eigenvalue weighted by molar-refractivity contribution is -0.137. The summed E-state index contributed by atoms with van der Waals surface area (Å²) in [5.41, 5.74) is 0.326. The van der Waals surface area contributed by atoms with Gasteiger partial charge in [-0.15, -0.1) is 10.2 Å². The van der Waals surface area contributed by atoms with Gasteiger partial charge in [0.25, 0.3) is 0 Å². The first kappa shape index (κ1) is 23.6. The number of thioether (sulfide) groups is 1. The highest BCUT2D eigenvalue weighted by atomic mass is 32.2. The Hall–Kier alpha value is -3.60. The van der Waals surface area contributed by atoms with E-state index in [9.17, 15) is 22.4 Å². The molecule has 1 N–H and O–H groups in total. The fourth-order valence-electron chi connectivity index (χ4n) is 3.36. The molecule has 11 heteroatoms. The molecule has 0 aliphatic carbocycles. The fourth-order valence-corrected chi connectivity index (χ4v) is 4.13. The van der Waals surface area contributed by atoms with E-state index in [0.717, 1.165) is 23.5 Å². The van der Waals surface area contributed by atoms with Crippen molar-refractivity contribution in [1.82, 2.24) is 19.3 Å². The minimum absolute atomic E-state index is 0.199. The summed E-state index contributed by atoms with van der Waals surface area (Å²) in [4.78, 5) is 12.5. The predicted octanol–water partition coefficient (Wildman–Crippen LogP) is 5.09. The Kier molecular flexibility index (Phi) is 6.73. The number of carbonyl (C=O) groups is 1. The Morgan fingerprint density at radius 2 is 1.76 bits per heavy atom. The maximum Gasteiger partial charge on any atom is 0.418 e. The summed E-state index contributed by atoms with van der Waals surface area (Å²) in [5, 5.41) is 11.1. The van der Waals surface area contributed by atoms with Crippen molar-refractivity contribution >= 4 is 23.4 Å². The monoisotopic (exact) mass is 489 g/mol. The Balaban J connectivity index is 1.56. The smallest absolute Gasteiger partial charge is 0.354 e. The van der Waals surface area contributed by atoms with Crippen LogP contribution in [0, 0.1) is 5.82 Å². The van der Waals surface area contributed by atoms with Crippen LogP contribution in [0.1, 0.15) is 17.1 Å². The molecule has 6 nitrogen and oxygen atoms in total. The normalized spacial score (nSPS) is 11.6. The molecule has 0 aliphatic heterocycles. The van der Waals surface area contributed by atoms with Crippen LogP contribution >= 0.6 is 11.8 Å². The quantitative estimate of drug-likeness (QED) is 0.290. The van der Waals surface area contributed by atoms with E-state index in [0.29, 0.717) is 23.1 Å². The minimum Gasteiger partial charge on any atom is -0.354 e. The molecule has 2 aromatic carbocycles. The number of para-hydroxylation sites is 1. The molecule has 0 saturated heterocycles. The number of aromatic nitrogens is 4. The van der Waals surface area contributed by atoms with E-state index >= 15 is 0 Å². The number of benzene rings is 2. The first-order valence-electron chi connectivity index (χ1n) is 10.1. The van der Waals surface area contributed by atoms with E-state index in [2.05, 4.69) is 15.5 Å². The summed E-state index contributed by atoms with van der Waals surface area (Å²) in [5.74, 6) is -0.661. The van der Waals surface area contributed by atoms with Crippen molar-refractivity contribution in [3.8, 4) is 5.69 Å². The summed E-state index contributed by atoms with van der Waals surface area (Å²) in [6, 6.07) is 14.3. The Labute approximate surface area is 196 Å². The van der Waals surface area contributed by atoms with Crippen LogP contribution < -0.4 is 5.32 Å². The third-order valence-electron chi connectivity index (χ3n) is 5.01. The van der Waals surface area contributed by atoms with Crippen LogP contribution in [0.15, 0.2) is 72.0 Å². The lowest BCUT2D eigenvalue weighted by Gasteiger charge is -2.13. The number of nitrogens with one attached hydrogen (secondary N) is 1. The molecule has 0 aliphatic rings. The highest BCUT2D eigenvalue weighted by Crippen LogP contribution is 2.34. The van der Waals surface area contributed by atoms with Crippen molar-refractivity contribution in [3.05, 3.63) is 89.8 Å². The number of amides is 1. The number of carbonyl (C=O) groups excluding carboxylic acids is 1. The first-order chi connectivity index (χ1) is 16.2. The second kappa shape index (κ2) is 9.72. The molecule has 0 unspecified atom stereocenters. The summed E-state index contributed by atoms with van der Waals surface area (Å²) >= 11 is 1.02. The van der Waals surface area contributed by atoms with Gasteiger partial charge < -0.3 is 9.88 Å².